The van der Waals surface area contributed by atoms with Gasteiger partial charge in [0.2, 0.25) is 11.8 Å². The fourth-order valence-electron chi connectivity index (χ4n) is 1.85. The van der Waals surface area contributed by atoms with E-state index < -0.39 is 6.04 Å². The lowest BCUT2D eigenvalue weighted by atomic mass is 10.1. The summed E-state index contributed by atoms with van der Waals surface area (Å²) in [6.07, 6.45) is 0. The Balaban J connectivity index is 0.00000625. The number of amides is 4. The van der Waals surface area contributed by atoms with Crippen molar-refractivity contribution in [2.45, 2.75) is 26.4 Å². The van der Waals surface area contributed by atoms with E-state index in [1.54, 1.807) is 32.3 Å². The van der Waals surface area contributed by atoms with Crippen LogP contribution in [0.3, 0.4) is 0 Å². The molecule has 0 spiro atoms. The summed E-state index contributed by atoms with van der Waals surface area (Å²) in [5, 5.41) is 7.96. The number of benzene rings is 1. The van der Waals surface area contributed by atoms with E-state index in [1.807, 2.05) is 19.9 Å². The van der Waals surface area contributed by atoms with Crippen LogP contribution in [0.4, 0.5) is 10.5 Å². The number of carbonyl (C=O) groups excluding carboxylic acids is 3. The van der Waals surface area contributed by atoms with Gasteiger partial charge in [-0.3, -0.25) is 9.59 Å². The van der Waals surface area contributed by atoms with Gasteiger partial charge in [0, 0.05) is 26.3 Å². The highest BCUT2D eigenvalue weighted by Crippen LogP contribution is 2.11. The van der Waals surface area contributed by atoms with Crippen LogP contribution < -0.4 is 21.7 Å². The summed E-state index contributed by atoms with van der Waals surface area (Å²) in [6, 6.07) is 6.29. The Labute approximate surface area is 160 Å². The summed E-state index contributed by atoms with van der Waals surface area (Å²) in [7, 11) is 3.30. The fourth-order valence-corrected chi connectivity index (χ4v) is 1.85. The van der Waals surface area contributed by atoms with Crippen molar-refractivity contribution < 1.29 is 14.4 Å². The summed E-state index contributed by atoms with van der Waals surface area (Å²) >= 11 is 0. The second kappa shape index (κ2) is 11.3. The summed E-state index contributed by atoms with van der Waals surface area (Å²) in [6.45, 7) is 3.84. The van der Waals surface area contributed by atoms with E-state index in [2.05, 4.69) is 16.0 Å². The fraction of sp³-hybridized carbons (Fsp3) is 0.471. The van der Waals surface area contributed by atoms with Gasteiger partial charge in [-0.15, -0.1) is 12.4 Å². The maximum atomic E-state index is 11.8. The Morgan fingerprint density at radius 1 is 1.15 bits per heavy atom. The standard InChI is InChI=1S/C17H27N5O3.ClH/c1-11(2)15(18)16(24)20-10-14(23)19-9-12-6-5-7-13(8-12)21-17(25)22(3)4;/h5-8,11,15H,9-10,18H2,1-4H3,(H,19,23)(H,20,24)(H,21,25);1H/t15-;/m0./s1. The van der Waals surface area contributed by atoms with E-state index in [0.717, 1.165) is 5.56 Å². The van der Waals surface area contributed by atoms with Crippen molar-refractivity contribution in [3.63, 3.8) is 0 Å². The minimum Gasteiger partial charge on any atom is -0.350 e. The Kier molecular flexibility index (Phi) is 10.3. The molecular formula is C17H28ClN5O3. The molecule has 4 amide bonds. The van der Waals surface area contributed by atoms with Crippen LogP contribution in [0.15, 0.2) is 24.3 Å². The predicted molar refractivity (Wildman–Crippen MR) is 104 cm³/mol. The molecule has 1 aromatic rings. The Bertz CT molecular complexity index is 622. The van der Waals surface area contributed by atoms with E-state index in [9.17, 15) is 14.4 Å². The number of carbonyl (C=O) groups is 3. The third-order valence-electron chi connectivity index (χ3n) is 3.52. The number of anilines is 1. The molecule has 5 N–H and O–H groups in total. The summed E-state index contributed by atoms with van der Waals surface area (Å²) in [5.41, 5.74) is 7.18. The van der Waals surface area contributed by atoms with Gasteiger partial charge < -0.3 is 26.6 Å². The smallest absolute Gasteiger partial charge is 0.321 e. The minimum atomic E-state index is -0.634. The van der Waals surface area contributed by atoms with Crippen molar-refractivity contribution in [3.8, 4) is 0 Å². The zero-order valence-corrected chi connectivity index (χ0v) is 16.4. The number of nitrogens with zero attached hydrogens (tertiary/aromatic N) is 1. The monoisotopic (exact) mass is 385 g/mol. The molecule has 0 radical (unpaired) electrons. The molecule has 146 valence electrons. The lowest BCUT2D eigenvalue weighted by molar-refractivity contribution is -0.127. The van der Waals surface area contributed by atoms with E-state index in [4.69, 9.17) is 5.73 Å². The molecule has 8 nitrogen and oxygen atoms in total. The van der Waals surface area contributed by atoms with Gasteiger partial charge in [0.05, 0.1) is 12.6 Å². The third-order valence-corrected chi connectivity index (χ3v) is 3.52. The lowest BCUT2D eigenvalue weighted by Crippen LogP contribution is -2.47. The van der Waals surface area contributed by atoms with Crippen molar-refractivity contribution in [1.82, 2.24) is 15.5 Å². The molecule has 0 bridgehead atoms. The minimum absolute atomic E-state index is 0. The number of nitrogens with one attached hydrogen (secondary N) is 3. The Morgan fingerprint density at radius 3 is 2.38 bits per heavy atom. The molecular weight excluding hydrogens is 358 g/mol. The van der Waals surface area contributed by atoms with Gasteiger partial charge >= 0.3 is 6.03 Å². The topological polar surface area (TPSA) is 117 Å². The normalized spacial score (nSPS) is 11.2. The van der Waals surface area contributed by atoms with Crippen molar-refractivity contribution in [1.29, 1.82) is 0 Å². The van der Waals surface area contributed by atoms with Crippen LogP contribution in [0.25, 0.3) is 0 Å². The quantitative estimate of drug-likeness (QED) is 0.558. The first kappa shape index (κ1) is 23.7. The number of urea groups is 1. The average Bonchev–Trinajstić information content (AvgIpc) is 2.57. The number of nitrogens with two attached hydrogens (primary N) is 1. The highest BCUT2D eigenvalue weighted by molar-refractivity contribution is 5.89. The molecule has 0 aliphatic rings. The molecule has 1 rings (SSSR count). The van der Waals surface area contributed by atoms with Crippen LogP contribution in [0.2, 0.25) is 0 Å². The van der Waals surface area contributed by atoms with Crippen LogP contribution in [0.5, 0.6) is 0 Å². The highest BCUT2D eigenvalue weighted by Gasteiger charge is 2.17. The first-order valence-corrected chi connectivity index (χ1v) is 8.08. The molecule has 0 aliphatic carbocycles. The van der Waals surface area contributed by atoms with Crippen LogP contribution in [0, 0.1) is 5.92 Å². The van der Waals surface area contributed by atoms with Crippen LogP contribution >= 0.6 is 12.4 Å². The SMILES string of the molecule is CC(C)[C@H](N)C(=O)NCC(=O)NCc1cccc(NC(=O)N(C)C)c1.Cl. The number of hydrogen-bond acceptors (Lipinski definition) is 4. The molecule has 0 fully saturated rings. The van der Waals surface area contributed by atoms with Gasteiger partial charge in [0.15, 0.2) is 0 Å². The molecule has 0 heterocycles. The van der Waals surface area contributed by atoms with Crippen molar-refractivity contribution in [2.24, 2.45) is 11.7 Å². The maximum absolute atomic E-state index is 11.8. The summed E-state index contributed by atoms with van der Waals surface area (Å²) < 4.78 is 0. The molecule has 0 unspecified atom stereocenters. The first-order chi connectivity index (χ1) is 11.7. The van der Waals surface area contributed by atoms with Gasteiger partial charge in [-0.05, 0) is 23.6 Å². The second-order valence-electron chi connectivity index (χ2n) is 6.29. The molecule has 0 saturated heterocycles. The third kappa shape index (κ3) is 8.17. The van der Waals surface area contributed by atoms with Crippen molar-refractivity contribution in [2.75, 3.05) is 26.0 Å². The first-order valence-electron chi connectivity index (χ1n) is 8.08. The average molecular weight is 386 g/mol. The van der Waals surface area contributed by atoms with E-state index in [0.29, 0.717) is 5.69 Å². The van der Waals surface area contributed by atoms with E-state index in [1.165, 1.54) is 4.90 Å². The van der Waals surface area contributed by atoms with Gasteiger partial charge in [-0.1, -0.05) is 26.0 Å². The Morgan fingerprint density at radius 2 is 1.81 bits per heavy atom. The molecule has 0 aliphatic heterocycles. The molecule has 0 saturated carbocycles. The van der Waals surface area contributed by atoms with Gasteiger partial charge in [-0.25, -0.2) is 4.79 Å². The second-order valence-corrected chi connectivity index (χ2v) is 6.29. The van der Waals surface area contributed by atoms with Crippen LogP contribution in [0.1, 0.15) is 19.4 Å². The maximum Gasteiger partial charge on any atom is 0.321 e. The zero-order chi connectivity index (χ0) is 19.0. The largest absolute Gasteiger partial charge is 0.350 e. The van der Waals surface area contributed by atoms with Gasteiger partial charge in [0.1, 0.15) is 0 Å². The van der Waals surface area contributed by atoms with Gasteiger partial charge in [0.25, 0.3) is 0 Å². The van der Waals surface area contributed by atoms with Crippen molar-refractivity contribution >= 4 is 35.9 Å². The molecule has 1 atom stereocenters. The molecule has 0 aromatic heterocycles. The summed E-state index contributed by atoms with van der Waals surface area (Å²) in [4.78, 5) is 36.6. The number of hydrogen-bond donors (Lipinski definition) is 4. The van der Waals surface area contributed by atoms with Gasteiger partial charge in [-0.2, -0.15) is 0 Å². The number of halogens is 1. The highest BCUT2D eigenvalue weighted by atomic mass is 35.5. The lowest BCUT2D eigenvalue weighted by Gasteiger charge is -2.15. The van der Waals surface area contributed by atoms with E-state index in [-0.39, 0.29) is 49.3 Å². The Hall–Kier alpha value is -2.32. The molecule has 1 aromatic carbocycles. The zero-order valence-electron chi connectivity index (χ0n) is 15.5. The molecule has 9 heteroatoms. The predicted octanol–water partition coefficient (Wildman–Crippen LogP) is 0.918. The molecule has 26 heavy (non-hydrogen) atoms. The van der Waals surface area contributed by atoms with Crippen LogP contribution in [-0.2, 0) is 16.1 Å². The van der Waals surface area contributed by atoms with Crippen molar-refractivity contribution in [3.05, 3.63) is 29.8 Å². The number of rotatable bonds is 7. The van der Waals surface area contributed by atoms with Crippen LogP contribution in [-0.4, -0.2) is 49.4 Å². The van der Waals surface area contributed by atoms with E-state index >= 15 is 0 Å². The summed E-state index contributed by atoms with van der Waals surface area (Å²) in [5.74, 6) is -0.659.